The second-order valence-corrected chi connectivity index (χ2v) is 12.2. The first-order valence-electron chi connectivity index (χ1n) is 13.8. The van der Waals surface area contributed by atoms with Crippen LogP contribution in [0.4, 0.5) is 11.5 Å². The van der Waals surface area contributed by atoms with Gasteiger partial charge in [0.05, 0.1) is 16.5 Å². The van der Waals surface area contributed by atoms with Crippen LogP contribution in [0.5, 0.6) is 0 Å². The van der Waals surface area contributed by atoms with Crippen LogP contribution in [-0.4, -0.2) is 53.8 Å². The summed E-state index contributed by atoms with van der Waals surface area (Å²) in [5.41, 5.74) is 4.24. The van der Waals surface area contributed by atoms with E-state index in [2.05, 4.69) is 43.1 Å². The summed E-state index contributed by atoms with van der Waals surface area (Å²) in [6.07, 6.45) is 3.21. The van der Waals surface area contributed by atoms with Crippen molar-refractivity contribution >= 4 is 32.4 Å². The van der Waals surface area contributed by atoms with Crippen molar-refractivity contribution in [3.8, 4) is 0 Å². The van der Waals surface area contributed by atoms with Crippen LogP contribution in [-0.2, 0) is 16.4 Å². The molecular weight excluding hydrogens is 506 g/mol. The number of piperazine rings is 1. The second-order valence-electron chi connectivity index (χ2n) is 10.3. The molecule has 1 saturated heterocycles. The summed E-state index contributed by atoms with van der Waals surface area (Å²) < 4.78 is 28.2. The van der Waals surface area contributed by atoms with Gasteiger partial charge in [0.25, 0.3) is 0 Å². The van der Waals surface area contributed by atoms with Crippen molar-refractivity contribution in [1.29, 1.82) is 0 Å². The number of nitrogens with zero attached hydrogens (tertiary/aromatic N) is 4. The third-order valence-corrected chi connectivity index (χ3v) is 9.42. The fourth-order valence-electron chi connectivity index (χ4n) is 5.00. The molecule has 1 aliphatic heterocycles. The molecule has 0 unspecified atom stereocenters. The minimum atomic E-state index is -3.52. The van der Waals surface area contributed by atoms with Crippen LogP contribution < -0.4 is 5.32 Å². The average Bonchev–Trinajstić information content (AvgIpc) is 2.97. The van der Waals surface area contributed by atoms with Crippen molar-refractivity contribution in [3.63, 3.8) is 0 Å². The van der Waals surface area contributed by atoms with Gasteiger partial charge in [-0.1, -0.05) is 55.3 Å². The van der Waals surface area contributed by atoms with Gasteiger partial charge >= 0.3 is 0 Å². The number of fused-ring (bicyclic) bond motifs is 1. The Bertz CT molecular complexity index is 1510. The first kappa shape index (κ1) is 27.2. The van der Waals surface area contributed by atoms with Crippen LogP contribution in [0.2, 0.25) is 0 Å². The lowest BCUT2D eigenvalue weighted by Gasteiger charge is -2.37. The van der Waals surface area contributed by atoms with Gasteiger partial charge in [0, 0.05) is 37.3 Å². The van der Waals surface area contributed by atoms with Gasteiger partial charge < -0.3 is 5.32 Å². The molecule has 3 aromatic carbocycles. The van der Waals surface area contributed by atoms with E-state index < -0.39 is 10.0 Å². The molecular formula is C31H37N5O2S. The number of para-hydroxylation sites is 1. The number of benzene rings is 3. The fraction of sp³-hybridized carbons (Fsp3) is 0.355. The number of aryl methyl sites for hydroxylation is 2. The molecule has 0 radical (unpaired) electrons. The Hall–Kier alpha value is -3.33. The third kappa shape index (κ3) is 6.13. The number of unbranched alkanes of at least 4 members (excludes halogenated alkanes) is 1. The Morgan fingerprint density at radius 1 is 0.897 bits per heavy atom. The highest BCUT2D eigenvalue weighted by molar-refractivity contribution is 7.89. The van der Waals surface area contributed by atoms with E-state index in [1.807, 2.05) is 48.5 Å². The molecule has 0 aliphatic carbocycles. The molecule has 7 nitrogen and oxygen atoms in total. The number of sulfonamides is 1. The van der Waals surface area contributed by atoms with Gasteiger partial charge in [-0.2, -0.15) is 4.31 Å². The Labute approximate surface area is 232 Å². The molecule has 0 spiro atoms. The van der Waals surface area contributed by atoms with E-state index in [1.54, 1.807) is 16.4 Å². The van der Waals surface area contributed by atoms with Gasteiger partial charge in [0.2, 0.25) is 10.0 Å². The molecule has 1 aromatic heterocycles. The Morgan fingerprint density at radius 3 is 2.28 bits per heavy atom. The number of anilines is 2. The standard InChI is InChI=1S/C31H37N5O2S/c1-4-5-8-25-13-17-27(18-14-25)39(37,38)36-21-19-35(20-22-36)24(3)30-33-29-10-7-6-9-28(29)31(34-30)32-26-15-11-23(2)12-16-26/h6-7,9-18,24H,4-5,8,19-22H2,1-3H3,(H,32,33,34)/t24-/m0/s1. The monoisotopic (exact) mass is 543 g/mol. The predicted octanol–water partition coefficient (Wildman–Crippen LogP) is 6.09. The molecule has 204 valence electrons. The van der Waals surface area contributed by atoms with Crippen molar-refractivity contribution in [2.24, 2.45) is 0 Å². The number of hydrogen-bond donors (Lipinski definition) is 1. The summed E-state index contributed by atoms with van der Waals surface area (Å²) in [5.74, 6) is 1.50. The van der Waals surface area contributed by atoms with Crippen molar-refractivity contribution in [2.75, 3.05) is 31.5 Å². The van der Waals surface area contributed by atoms with E-state index in [1.165, 1.54) is 11.1 Å². The maximum atomic E-state index is 13.3. The summed E-state index contributed by atoms with van der Waals surface area (Å²) >= 11 is 0. The molecule has 0 amide bonds. The zero-order valence-corrected chi connectivity index (χ0v) is 23.8. The molecule has 0 bridgehead atoms. The number of hydrogen-bond acceptors (Lipinski definition) is 6. The quantitative estimate of drug-likeness (QED) is 0.275. The van der Waals surface area contributed by atoms with Crippen LogP contribution in [0, 0.1) is 6.92 Å². The minimum absolute atomic E-state index is 0.0594. The number of aromatic nitrogens is 2. The summed E-state index contributed by atoms with van der Waals surface area (Å²) in [7, 11) is -3.52. The summed E-state index contributed by atoms with van der Waals surface area (Å²) in [6.45, 7) is 8.43. The summed E-state index contributed by atoms with van der Waals surface area (Å²) in [6, 6.07) is 23.6. The molecule has 1 atom stereocenters. The third-order valence-electron chi connectivity index (χ3n) is 7.51. The van der Waals surface area contributed by atoms with Crippen LogP contribution in [0.15, 0.2) is 77.7 Å². The number of rotatable bonds is 9. The Morgan fingerprint density at radius 2 is 1.59 bits per heavy atom. The zero-order valence-electron chi connectivity index (χ0n) is 23.0. The highest BCUT2D eigenvalue weighted by Gasteiger charge is 2.31. The van der Waals surface area contributed by atoms with E-state index in [0.717, 1.165) is 47.5 Å². The Kier molecular flexibility index (Phi) is 8.26. The first-order valence-corrected chi connectivity index (χ1v) is 15.2. The van der Waals surface area contributed by atoms with Crippen molar-refractivity contribution in [2.45, 2.75) is 51.0 Å². The fourth-order valence-corrected chi connectivity index (χ4v) is 6.43. The zero-order chi connectivity index (χ0) is 27.4. The molecule has 1 fully saturated rings. The lowest BCUT2D eigenvalue weighted by Crippen LogP contribution is -2.49. The van der Waals surface area contributed by atoms with E-state index >= 15 is 0 Å². The SMILES string of the molecule is CCCCc1ccc(S(=O)(=O)N2CCN([C@@H](C)c3nc(Nc4ccc(C)cc4)c4ccccc4n3)CC2)cc1. The second kappa shape index (κ2) is 11.8. The van der Waals surface area contributed by atoms with Gasteiger partial charge in [0.1, 0.15) is 11.6 Å². The highest BCUT2D eigenvalue weighted by Crippen LogP contribution is 2.28. The molecule has 0 saturated carbocycles. The Balaban J connectivity index is 1.30. The topological polar surface area (TPSA) is 78.4 Å². The largest absolute Gasteiger partial charge is 0.340 e. The molecule has 1 N–H and O–H groups in total. The van der Waals surface area contributed by atoms with Crippen molar-refractivity contribution < 1.29 is 8.42 Å². The van der Waals surface area contributed by atoms with Gasteiger partial charge in [-0.3, -0.25) is 4.90 Å². The van der Waals surface area contributed by atoms with Crippen LogP contribution in [0.1, 0.15) is 49.7 Å². The average molecular weight is 544 g/mol. The van der Waals surface area contributed by atoms with Gasteiger partial charge in [-0.15, -0.1) is 0 Å². The molecule has 39 heavy (non-hydrogen) atoms. The van der Waals surface area contributed by atoms with Gasteiger partial charge in [-0.05, 0) is 68.7 Å². The van der Waals surface area contributed by atoms with E-state index in [0.29, 0.717) is 31.1 Å². The van der Waals surface area contributed by atoms with E-state index in [9.17, 15) is 8.42 Å². The van der Waals surface area contributed by atoms with Crippen molar-refractivity contribution in [1.82, 2.24) is 19.2 Å². The molecule has 4 aromatic rings. The van der Waals surface area contributed by atoms with Gasteiger partial charge in [-0.25, -0.2) is 18.4 Å². The molecule has 1 aliphatic rings. The smallest absolute Gasteiger partial charge is 0.243 e. The van der Waals surface area contributed by atoms with Crippen LogP contribution >= 0.6 is 0 Å². The molecule has 8 heteroatoms. The van der Waals surface area contributed by atoms with E-state index in [-0.39, 0.29) is 6.04 Å². The van der Waals surface area contributed by atoms with Crippen molar-refractivity contribution in [3.05, 3.63) is 89.7 Å². The number of nitrogens with one attached hydrogen (secondary N) is 1. The lowest BCUT2D eigenvalue weighted by atomic mass is 10.1. The highest BCUT2D eigenvalue weighted by atomic mass is 32.2. The van der Waals surface area contributed by atoms with E-state index in [4.69, 9.17) is 9.97 Å². The predicted molar refractivity (Wildman–Crippen MR) is 158 cm³/mol. The normalized spacial score (nSPS) is 15.9. The van der Waals surface area contributed by atoms with Gasteiger partial charge in [0.15, 0.2) is 0 Å². The summed E-state index contributed by atoms with van der Waals surface area (Å²) in [5, 5.41) is 4.44. The maximum Gasteiger partial charge on any atom is 0.243 e. The van der Waals surface area contributed by atoms with Crippen LogP contribution in [0.25, 0.3) is 10.9 Å². The first-order chi connectivity index (χ1) is 18.8. The minimum Gasteiger partial charge on any atom is -0.340 e. The summed E-state index contributed by atoms with van der Waals surface area (Å²) in [4.78, 5) is 12.5. The molecule has 2 heterocycles. The lowest BCUT2D eigenvalue weighted by molar-refractivity contribution is 0.141. The molecule has 5 rings (SSSR count). The van der Waals surface area contributed by atoms with Crippen LogP contribution in [0.3, 0.4) is 0 Å². The maximum absolute atomic E-state index is 13.3.